The first kappa shape index (κ1) is 17.2. The van der Waals surface area contributed by atoms with Crippen LogP contribution < -0.4 is 4.90 Å². The van der Waals surface area contributed by atoms with Gasteiger partial charge in [-0.3, -0.25) is 10.1 Å². The van der Waals surface area contributed by atoms with Crippen LogP contribution in [0.25, 0.3) is 12.2 Å². The molecule has 0 aliphatic carbocycles. The minimum Gasteiger partial charge on any atom is -0.364 e. The van der Waals surface area contributed by atoms with E-state index in [1.165, 1.54) is 12.1 Å². The monoisotopic (exact) mass is 320 g/mol. The van der Waals surface area contributed by atoms with Gasteiger partial charge in [0.15, 0.2) is 0 Å². The molecule has 0 aliphatic rings. The van der Waals surface area contributed by atoms with Crippen molar-refractivity contribution in [3.8, 4) is 0 Å². The molecule has 4 nitrogen and oxygen atoms in total. The van der Waals surface area contributed by atoms with Gasteiger partial charge in [-0.05, 0) is 35.4 Å². The average molecular weight is 320 g/mol. The predicted octanol–water partition coefficient (Wildman–Crippen LogP) is 4.94. The Balaban J connectivity index is 2.08. The SMILES string of the molecule is C=CCN(CC=C)c1ccc(/C=C/c2ccc([N+](=O)[O-])cc2)cc1. The van der Waals surface area contributed by atoms with Gasteiger partial charge in [-0.25, -0.2) is 0 Å². The Morgan fingerprint density at radius 3 is 1.75 bits per heavy atom. The number of non-ortho nitro benzene ring substituents is 1. The number of anilines is 1. The first-order chi connectivity index (χ1) is 11.6. The summed E-state index contributed by atoms with van der Waals surface area (Å²) in [5, 5.41) is 10.6. The molecule has 0 aromatic heterocycles. The zero-order chi connectivity index (χ0) is 17.4. The third-order valence-corrected chi connectivity index (χ3v) is 3.53. The number of hydrogen-bond acceptors (Lipinski definition) is 3. The summed E-state index contributed by atoms with van der Waals surface area (Å²) in [6.07, 6.45) is 7.65. The zero-order valence-electron chi connectivity index (χ0n) is 13.5. The molecule has 0 heterocycles. The third kappa shape index (κ3) is 4.68. The lowest BCUT2D eigenvalue weighted by Crippen LogP contribution is -2.22. The van der Waals surface area contributed by atoms with Crippen molar-refractivity contribution >= 4 is 23.5 Å². The number of nitro benzene ring substituents is 1. The summed E-state index contributed by atoms with van der Waals surface area (Å²) < 4.78 is 0. The molecular weight excluding hydrogens is 300 g/mol. The highest BCUT2D eigenvalue weighted by molar-refractivity contribution is 5.71. The van der Waals surface area contributed by atoms with E-state index in [4.69, 9.17) is 0 Å². The average Bonchev–Trinajstić information content (AvgIpc) is 2.60. The van der Waals surface area contributed by atoms with Crippen molar-refractivity contribution in [3.63, 3.8) is 0 Å². The minimum atomic E-state index is -0.398. The van der Waals surface area contributed by atoms with E-state index in [-0.39, 0.29) is 5.69 Å². The van der Waals surface area contributed by atoms with Gasteiger partial charge in [0.05, 0.1) is 4.92 Å². The van der Waals surface area contributed by atoms with Gasteiger partial charge in [-0.2, -0.15) is 0 Å². The lowest BCUT2D eigenvalue weighted by atomic mass is 10.1. The molecule has 4 heteroatoms. The Morgan fingerprint density at radius 1 is 0.875 bits per heavy atom. The van der Waals surface area contributed by atoms with Crippen molar-refractivity contribution in [2.24, 2.45) is 0 Å². The molecule has 0 unspecified atom stereocenters. The van der Waals surface area contributed by atoms with Crippen LogP contribution in [0.4, 0.5) is 11.4 Å². The van der Waals surface area contributed by atoms with Gasteiger partial charge < -0.3 is 4.90 Å². The summed E-state index contributed by atoms with van der Waals surface area (Å²) >= 11 is 0. The van der Waals surface area contributed by atoms with Crippen molar-refractivity contribution < 1.29 is 4.92 Å². The second kappa shape index (κ2) is 8.48. The van der Waals surface area contributed by atoms with E-state index >= 15 is 0 Å². The first-order valence-corrected chi connectivity index (χ1v) is 7.63. The highest BCUT2D eigenvalue weighted by Crippen LogP contribution is 2.18. The van der Waals surface area contributed by atoms with E-state index in [1.807, 2.05) is 36.4 Å². The molecule has 0 bridgehead atoms. The summed E-state index contributed by atoms with van der Waals surface area (Å²) in [5.41, 5.74) is 3.20. The van der Waals surface area contributed by atoms with E-state index in [0.717, 1.165) is 29.9 Å². The maximum Gasteiger partial charge on any atom is 0.269 e. The Kier molecular flexibility index (Phi) is 6.08. The van der Waals surface area contributed by atoms with E-state index < -0.39 is 4.92 Å². The number of hydrogen-bond donors (Lipinski definition) is 0. The molecule has 0 N–H and O–H groups in total. The fraction of sp³-hybridized carbons (Fsp3) is 0.100. The van der Waals surface area contributed by atoms with Gasteiger partial charge in [0.2, 0.25) is 0 Å². The molecule has 2 aromatic carbocycles. The summed E-state index contributed by atoms with van der Waals surface area (Å²) in [6.45, 7) is 9.09. The highest BCUT2D eigenvalue weighted by atomic mass is 16.6. The van der Waals surface area contributed by atoms with Crippen molar-refractivity contribution in [1.29, 1.82) is 0 Å². The second-order valence-electron chi connectivity index (χ2n) is 5.26. The zero-order valence-corrected chi connectivity index (χ0v) is 13.5. The maximum absolute atomic E-state index is 10.6. The minimum absolute atomic E-state index is 0.0982. The Hall–Kier alpha value is -3.14. The van der Waals surface area contributed by atoms with Crippen LogP contribution in [-0.4, -0.2) is 18.0 Å². The molecule has 24 heavy (non-hydrogen) atoms. The van der Waals surface area contributed by atoms with E-state index in [2.05, 4.69) is 30.2 Å². The molecule has 0 amide bonds. The fourth-order valence-electron chi connectivity index (χ4n) is 2.29. The molecule has 0 fully saturated rings. The third-order valence-electron chi connectivity index (χ3n) is 3.53. The topological polar surface area (TPSA) is 46.4 Å². The molecule has 0 spiro atoms. The number of nitrogens with zero attached hydrogens (tertiary/aromatic N) is 2. The molecular formula is C20H20N2O2. The second-order valence-corrected chi connectivity index (χ2v) is 5.26. The fourth-order valence-corrected chi connectivity index (χ4v) is 2.29. The first-order valence-electron chi connectivity index (χ1n) is 7.63. The molecule has 0 radical (unpaired) electrons. The van der Waals surface area contributed by atoms with Gasteiger partial charge in [0.25, 0.3) is 5.69 Å². The standard InChI is InChI=1S/C20H20N2O2/c1-3-15-21(16-4-2)19-11-7-17(8-12-19)5-6-18-9-13-20(14-10-18)22(23)24/h3-14H,1-2,15-16H2/b6-5+. The Labute approximate surface area is 142 Å². The summed E-state index contributed by atoms with van der Waals surface area (Å²) in [4.78, 5) is 12.4. The maximum atomic E-state index is 10.6. The van der Waals surface area contributed by atoms with Crippen molar-refractivity contribution in [2.45, 2.75) is 0 Å². The lowest BCUT2D eigenvalue weighted by Gasteiger charge is -2.21. The van der Waals surface area contributed by atoms with E-state index in [1.54, 1.807) is 12.1 Å². The van der Waals surface area contributed by atoms with E-state index in [0.29, 0.717) is 0 Å². The molecule has 122 valence electrons. The number of benzene rings is 2. The molecule has 0 aliphatic heterocycles. The van der Waals surface area contributed by atoms with Crippen LogP contribution in [0.15, 0.2) is 73.8 Å². The van der Waals surface area contributed by atoms with Crippen LogP contribution in [0, 0.1) is 10.1 Å². The summed E-state index contributed by atoms with van der Waals surface area (Å²) in [7, 11) is 0. The smallest absolute Gasteiger partial charge is 0.269 e. The van der Waals surface area contributed by atoms with Gasteiger partial charge in [0, 0.05) is 30.9 Å². The van der Waals surface area contributed by atoms with Crippen LogP contribution >= 0.6 is 0 Å². The highest BCUT2D eigenvalue weighted by Gasteiger charge is 2.03. The largest absolute Gasteiger partial charge is 0.364 e. The van der Waals surface area contributed by atoms with Crippen molar-refractivity contribution in [3.05, 3.63) is 95.1 Å². The lowest BCUT2D eigenvalue weighted by molar-refractivity contribution is -0.384. The Bertz CT molecular complexity index is 721. The quantitative estimate of drug-likeness (QED) is 0.299. The number of rotatable bonds is 8. The molecule has 2 aromatic rings. The van der Waals surface area contributed by atoms with Crippen molar-refractivity contribution in [1.82, 2.24) is 0 Å². The van der Waals surface area contributed by atoms with Crippen LogP contribution in [0.5, 0.6) is 0 Å². The van der Waals surface area contributed by atoms with Crippen LogP contribution in [0.2, 0.25) is 0 Å². The van der Waals surface area contributed by atoms with Gasteiger partial charge in [-0.1, -0.05) is 36.4 Å². The Morgan fingerprint density at radius 2 is 1.33 bits per heavy atom. The van der Waals surface area contributed by atoms with Gasteiger partial charge in [-0.15, -0.1) is 13.2 Å². The molecule has 0 saturated heterocycles. The summed E-state index contributed by atoms with van der Waals surface area (Å²) in [6, 6.07) is 14.7. The van der Waals surface area contributed by atoms with Crippen LogP contribution in [0.1, 0.15) is 11.1 Å². The normalized spacial score (nSPS) is 10.5. The molecule has 0 atom stereocenters. The summed E-state index contributed by atoms with van der Waals surface area (Å²) in [5.74, 6) is 0. The number of nitro groups is 1. The molecule has 0 saturated carbocycles. The van der Waals surface area contributed by atoms with Crippen molar-refractivity contribution in [2.75, 3.05) is 18.0 Å². The van der Waals surface area contributed by atoms with Gasteiger partial charge in [0.1, 0.15) is 0 Å². The van der Waals surface area contributed by atoms with Crippen LogP contribution in [0.3, 0.4) is 0 Å². The molecule has 2 rings (SSSR count). The van der Waals surface area contributed by atoms with Crippen LogP contribution in [-0.2, 0) is 0 Å². The van der Waals surface area contributed by atoms with E-state index in [9.17, 15) is 10.1 Å². The van der Waals surface area contributed by atoms with Gasteiger partial charge >= 0.3 is 0 Å². The predicted molar refractivity (Wildman–Crippen MR) is 101 cm³/mol.